The Balaban J connectivity index is 1.52. The average Bonchev–Trinajstić information content (AvgIpc) is 3.15. The highest BCUT2D eigenvalue weighted by atomic mass is 16.2. The van der Waals surface area contributed by atoms with Crippen LogP contribution in [0, 0.1) is 5.92 Å². The molecule has 1 aliphatic heterocycles. The lowest BCUT2D eigenvalue weighted by molar-refractivity contribution is -0.130. The van der Waals surface area contributed by atoms with Crippen molar-refractivity contribution >= 4 is 11.8 Å². The van der Waals surface area contributed by atoms with E-state index < -0.39 is 0 Å². The largest absolute Gasteiger partial charge is 0.352 e. The standard InChI is InChI=1S/C17H22N2O2/c20-16-10-14(12-19(16)15-8-4-5-9-15)17(21)18-11-13-6-2-1-3-7-13/h1-3,6-7,14-15H,4-5,8-12H2,(H,18,21). The van der Waals surface area contributed by atoms with E-state index in [0.29, 0.717) is 25.6 Å². The number of nitrogens with zero attached hydrogens (tertiary/aromatic N) is 1. The Kier molecular flexibility index (Phi) is 4.23. The lowest BCUT2D eigenvalue weighted by atomic mass is 10.1. The average molecular weight is 286 g/mol. The zero-order chi connectivity index (χ0) is 14.7. The van der Waals surface area contributed by atoms with Gasteiger partial charge in [-0.3, -0.25) is 9.59 Å². The molecule has 0 bridgehead atoms. The summed E-state index contributed by atoms with van der Waals surface area (Å²) in [5, 5.41) is 2.95. The van der Waals surface area contributed by atoms with Gasteiger partial charge >= 0.3 is 0 Å². The van der Waals surface area contributed by atoms with Gasteiger partial charge in [0.1, 0.15) is 0 Å². The molecule has 2 fully saturated rings. The van der Waals surface area contributed by atoms with Crippen LogP contribution in [0.25, 0.3) is 0 Å². The predicted molar refractivity (Wildman–Crippen MR) is 80.4 cm³/mol. The van der Waals surface area contributed by atoms with E-state index in [1.165, 1.54) is 12.8 Å². The summed E-state index contributed by atoms with van der Waals surface area (Å²) in [4.78, 5) is 26.3. The topological polar surface area (TPSA) is 49.4 Å². The van der Waals surface area contributed by atoms with Crippen molar-refractivity contribution in [2.24, 2.45) is 5.92 Å². The van der Waals surface area contributed by atoms with Crippen molar-refractivity contribution in [1.82, 2.24) is 10.2 Å². The van der Waals surface area contributed by atoms with Crippen molar-refractivity contribution < 1.29 is 9.59 Å². The molecular formula is C17H22N2O2. The third-order valence-electron chi connectivity index (χ3n) is 4.60. The van der Waals surface area contributed by atoms with Gasteiger partial charge in [-0.25, -0.2) is 0 Å². The van der Waals surface area contributed by atoms with Crippen LogP contribution in [0.15, 0.2) is 30.3 Å². The van der Waals surface area contributed by atoms with Crippen molar-refractivity contribution in [2.75, 3.05) is 6.54 Å². The highest BCUT2D eigenvalue weighted by Gasteiger charge is 2.38. The minimum atomic E-state index is -0.179. The first-order valence-corrected chi connectivity index (χ1v) is 7.85. The van der Waals surface area contributed by atoms with E-state index in [1.54, 1.807) is 0 Å². The molecule has 1 saturated carbocycles. The van der Waals surface area contributed by atoms with Crippen LogP contribution in [-0.2, 0) is 16.1 Å². The van der Waals surface area contributed by atoms with Crippen molar-refractivity contribution in [3.05, 3.63) is 35.9 Å². The number of rotatable bonds is 4. The molecule has 0 aromatic heterocycles. The van der Waals surface area contributed by atoms with Crippen LogP contribution < -0.4 is 5.32 Å². The minimum absolute atomic E-state index is 0.00713. The molecular weight excluding hydrogens is 264 g/mol. The summed E-state index contributed by atoms with van der Waals surface area (Å²) in [7, 11) is 0. The maximum atomic E-state index is 12.2. The summed E-state index contributed by atoms with van der Waals surface area (Å²) in [6.07, 6.45) is 4.99. The van der Waals surface area contributed by atoms with Crippen LogP contribution in [0.4, 0.5) is 0 Å². The smallest absolute Gasteiger partial charge is 0.225 e. The van der Waals surface area contributed by atoms with E-state index in [4.69, 9.17) is 0 Å². The normalized spacial score (nSPS) is 22.8. The highest BCUT2D eigenvalue weighted by molar-refractivity contribution is 5.89. The second-order valence-corrected chi connectivity index (χ2v) is 6.09. The van der Waals surface area contributed by atoms with E-state index in [1.807, 2.05) is 35.2 Å². The van der Waals surface area contributed by atoms with Gasteiger partial charge in [0.15, 0.2) is 0 Å². The number of nitrogens with one attached hydrogen (secondary N) is 1. The van der Waals surface area contributed by atoms with Gasteiger partial charge in [0.25, 0.3) is 0 Å². The van der Waals surface area contributed by atoms with E-state index in [9.17, 15) is 9.59 Å². The van der Waals surface area contributed by atoms with Crippen LogP contribution >= 0.6 is 0 Å². The summed E-state index contributed by atoms with van der Waals surface area (Å²) in [5.74, 6) is -0.0173. The first kappa shape index (κ1) is 14.1. The molecule has 21 heavy (non-hydrogen) atoms. The van der Waals surface area contributed by atoms with E-state index in [2.05, 4.69) is 5.32 Å². The van der Waals surface area contributed by atoms with E-state index >= 15 is 0 Å². The molecule has 1 aliphatic carbocycles. The van der Waals surface area contributed by atoms with Gasteiger partial charge in [-0.1, -0.05) is 43.2 Å². The first-order valence-electron chi connectivity index (χ1n) is 7.85. The number of likely N-dealkylation sites (tertiary alicyclic amines) is 1. The molecule has 0 radical (unpaired) electrons. The molecule has 1 aromatic carbocycles. The Morgan fingerprint density at radius 3 is 2.62 bits per heavy atom. The van der Waals surface area contributed by atoms with Crippen molar-refractivity contribution in [1.29, 1.82) is 0 Å². The fourth-order valence-corrected chi connectivity index (χ4v) is 3.41. The SMILES string of the molecule is O=C(NCc1ccccc1)C1CC(=O)N(C2CCCC2)C1. The summed E-state index contributed by atoms with van der Waals surface area (Å²) >= 11 is 0. The summed E-state index contributed by atoms with van der Waals surface area (Å²) in [5.41, 5.74) is 1.09. The van der Waals surface area contributed by atoms with Crippen LogP contribution in [0.3, 0.4) is 0 Å². The zero-order valence-electron chi connectivity index (χ0n) is 12.3. The lowest BCUT2D eigenvalue weighted by Crippen LogP contribution is -2.36. The number of carbonyl (C=O) groups is 2. The van der Waals surface area contributed by atoms with Gasteiger partial charge in [0.05, 0.1) is 5.92 Å². The van der Waals surface area contributed by atoms with E-state index in [0.717, 1.165) is 18.4 Å². The molecule has 1 saturated heterocycles. The predicted octanol–water partition coefficient (Wildman–Crippen LogP) is 2.09. The molecule has 1 aromatic rings. The van der Waals surface area contributed by atoms with Gasteiger partial charge < -0.3 is 10.2 Å². The molecule has 1 unspecified atom stereocenters. The molecule has 3 rings (SSSR count). The Labute approximate surface area is 125 Å². The molecule has 4 nitrogen and oxygen atoms in total. The summed E-state index contributed by atoms with van der Waals surface area (Å²) in [6.45, 7) is 1.14. The molecule has 2 amide bonds. The van der Waals surface area contributed by atoms with Crippen LogP contribution in [0.5, 0.6) is 0 Å². The van der Waals surface area contributed by atoms with Gasteiger partial charge in [-0.15, -0.1) is 0 Å². The fourth-order valence-electron chi connectivity index (χ4n) is 3.41. The number of carbonyl (C=O) groups excluding carboxylic acids is 2. The maximum absolute atomic E-state index is 12.2. The number of hydrogen-bond donors (Lipinski definition) is 1. The van der Waals surface area contributed by atoms with Crippen molar-refractivity contribution in [2.45, 2.75) is 44.7 Å². The Hall–Kier alpha value is -1.84. The molecule has 112 valence electrons. The minimum Gasteiger partial charge on any atom is -0.352 e. The summed E-state index contributed by atoms with van der Waals surface area (Å²) < 4.78 is 0. The highest BCUT2D eigenvalue weighted by Crippen LogP contribution is 2.29. The number of amides is 2. The molecule has 1 heterocycles. The zero-order valence-corrected chi connectivity index (χ0v) is 12.3. The third kappa shape index (κ3) is 3.26. The maximum Gasteiger partial charge on any atom is 0.225 e. The van der Waals surface area contributed by atoms with Gasteiger partial charge in [0.2, 0.25) is 11.8 Å². The van der Waals surface area contributed by atoms with Crippen LogP contribution in [-0.4, -0.2) is 29.3 Å². The fraction of sp³-hybridized carbons (Fsp3) is 0.529. The Morgan fingerprint density at radius 2 is 1.90 bits per heavy atom. The summed E-state index contributed by atoms with van der Waals surface area (Å²) in [6, 6.07) is 10.2. The molecule has 0 spiro atoms. The van der Waals surface area contributed by atoms with Crippen molar-refractivity contribution in [3.8, 4) is 0 Å². The van der Waals surface area contributed by atoms with E-state index in [-0.39, 0.29) is 17.7 Å². The molecule has 4 heteroatoms. The van der Waals surface area contributed by atoms with Gasteiger partial charge in [-0.2, -0.15) is 0 Å². The first-order chi connectivity index (χ1) is 10.2. The second kappa shape index (κ2) is 6.29. The van der Waals surface area contributed by atoms with Crippen LogP contribution in [0.2, 0.25) is 0 Å². The van der Waals surface area contributed by atoms with Crippen LogP contribution in [0.1, 0.15) is 37.7 Å². The molecule has 1 atom stereocenters. The monoisotopic (exact) mass is 286 g/mol. The second-order valence-electron chi connectivity index (χ2n) is 6.09. The van der Waals surface area contributed by atoms with Gasteiger partial charge in [-0.05, 0) is 18.4 Å². The number of benzene rings is 1. The number of hydrogen-bond acceptors (Lipinski definition) is 2. The quantitative estimate of drug-likeness (QED) is 0.921. The Morgan fingerprint density at radius 1 is 1.19 bits per heavy atom. The third-order valence-corrected chi connectivity index (χ3v) is 4.60. The molecule has 2 aliphatic rings. The lowest BCUT2D eigenvalue weighted by Gasteiger charge is -2.23. The Bertz CT molecular complexity index is 509. The van der Waals surface area contributed by atoms with Gasteiger partial charge in [0, 0.05) is 25.6 Å². The molecule has 1 N–H and O–H groups in total. The van der Waals surface area contributed by atoms with Crippen molar-refractivity contribution in [3.63, 3.8) is 0 Å².